The highest BCUT2D eigenvalue weighted by molar-refractivity contribution is 7.91. The van der Waals surface area contributed by atoms with E-state index in [0.717, 1.165) is 25.1 Å². The minimum atomic E-state index is -4.63. The first kappa shape index (κ1) is 21.5. The average molecular weight is 409 g/mol. The van der Waals surface area contributed by atoms with Gasteiger partial charge in [-0.1, -0.05) is 6.92 Å². The van der Waals surface area contributed by atoms with Gasteiger partial charge in [-0.3, -0.25) is 4.79 Å². The molecule has 1 N–H and O–H groups in total. The predicted octanol–water partition coefficient (Wildman–Crippen LogP) is 2.26. The SMILES string of the molecule is CCS(=O)(=O)c1ccc(OC(C)C(F)(F)F)c(C(=O)N2CCC(CO)C2)c1. The number of benzene rings is 1. The molecular weight excluding hydrogens is 387 g/mol. The molecule has 0 aliphatic carbocycles. The van der Waals surface area contributed by atoms with Crippen molar-refractivity contribution >= 4 is 15.7 Å². The first-order valence-corrected chi connectivity index (χ1v) is 10.1. The lowest BCUT2D eigenvalue weighted by atomic mass is 10.1. The zero-order valence-electron chi connectivity index (χ0n) is 15.0. The number of sulfone groups is 1. The minimum absolute atomic E-state index is 0.109. The summed E-state index contributed by atoms with van der Waals surface area (Å²) in [5.41, 5.74) is -0.237. The van der Waals surface area contributed by atoms with E-state index in [1.165, 1.54) is 11.8 Å². The van der Waals surface area contributed by atoms with Crippen molar-refractivity contribution in [2.45, 2.75) is 37.4 Å². The molecule has 2 rings (SSSR count). The second kappa shape index (κ2) is 8.05. The van der Waals surface area contributed by atoms with Gasteiger partial charge in [0.15, 0.2) is 15.9 Å². The van der Waals surface area contributed by atoms with E-state index in [0.29, 0.717) is 13.0 Å². The maximum atomic E-state index is 12.8. The number of likely N-dealkylation sites (tertiary alicyclic amines) is 1. The number of aliphatic hydroxyl groups is 1. The normalized spacial score (nSPS) is 19.2. The van der Waals surface area contributed by atoms with Gasteiger partial charge in [0.05, 0.1) is 16.2 Å². The second-order valence-corrected chi connectivity index (χ2v) is 8.73. The number of carbonyl (C=O) groups excluding carboxylic acids is 1. The molecule has 1 aliphatic heterocycles. The molecule has 2 atom stereocenters. The number of hydrogen-bond donors (Lipinski definition) is 1. The Balaban J connectivity index is 2.43. The smallest absolute Gasteiger partial charge is 0.425 e. The standard InChI is InChI=1S/C17H22F3NO5S/c1-3-27(24,25)13-4-5-15(26-11(2)17(18,19)20)14(8-13)16(23)21-7-6-12(9-21)10-22/h4-5,8,11-12,22H,3,6-7,9-10H2,1-2H3. The molecule has 6 nitrogen and oxygen atoms in total. The number of amides is 1. The molecule has 0 radical (unpaired) electrons. The third-order valence-electron chi connectivity index (χ3n) is 4.52. The lowest BCUT2D eigenvalue weighted by Gasteiger charge is -2.22. The molecule has 152 valence electrons. The number of nitrogens with zero attached hydrogens (tertiary/aromatic N) is 1. The van der Waals surface area contributed by atoms with Crippen molar-refractivity contribution in [3.63, 3.8) is 0 Å². The molecule has 1 saturated heterocycles. The second-order valence-electron chi connectivity index (χ2n) is 6.45. The number of ether oxygens (including phenoxy) is 1. The third-order valence-corrected chi connectivity index (χ3v) is 6.25. The quantitative estimate of drug-likeness (QED) is 0.779. The molecule has 1 heterocycles. The Bertz CT molecular complexity index is 794. The van der Waals surface area contributed by atoms with E-state index in [1.54, 1.807) is 0 Å². The van der Waals surface area contributed by atoms with E-state index >= 15 is 0 Å². The van der Waals surface area contributed by atoms with Crippen LogP contribution in [0.4, 0.5) is 13.2 Å². The lowest BCUT2D eigenvalue weighted by Crippen LogP contribution is -2.33. The summed E-state index contributed by atoms with van der Waals surface area (Å²) >= 11 is 0. The van der Waals surface area contributed by atoms with Crippen LogP contribution < -0.4 is 4.74 Å². The number of carbonyl (C=O) groups is 1. The zero-order valence-corrected chi connectivity index (χ0v) is 15.8. The number of halogens is 3. The summed E-state index contributed by atoms with van der Waals surface area (Å²) in [5, 5.41) is 9.21. The highest BCUT2D eigenvalue weighted by Gasteiger charge is 2.39. The molecule has 1 aliphatic rings. The van der Waals surface area contributed by atoms with Crippen LogP contribution in [0.5, 0.6) is 5.75 Å². The molecule has 1 amide bonds. The molecule has 10 heteroatoms. The van der Waals surface area contributed by atoms with Crippen LogP contribution in [0.1, 0.15) is 30.6 Å². The maximum absolute atomic E-state index is 12.8. The molecule has 2 unspecified atom stereocenters. The Morgan fingerprint density at radius 1 is 1.41 bits per heavy atom. The summed E-state index contributed by atoms with van der Waals surface area (Å²) in [7, 11) is -3.66. The minimum Gasteiger partial charge on any atom is -0.480 e. The molecule has 0 bridgehead atoms. The van der Waals surface area contributed by atoms with Crippen molar-refractivity contribution in [3.05, 3.63) is 23.8 Å². The molecular formula is C17H22F3NO5S. The molecule has 27 heavy (non-hydrogen) atoms. The summed E-state index contributed by atoms with van der Waals surface area (Å²) < 4.78 is 67.7. The summed E-state index contributed by atoms with van der Waals surface area (Å²) in [6.45, 7) is 2.70. The van der Waals surface area contributed by atoms with Crippen LogP contribution in [0.15, 0.2) is 23.1 Å². The molecule has 0 spiro atoms. The van der Waals surface area contributed by atoms with E-state index in [-0.39, 0.29) is 41.0 Å². The van der Waals surface area contributed by atoms with Gasteiger partial charge in [0, 0.05) is 25.6 Å². The number of aliphatic hydroxyl groups excluding tert-OH is 1. The topological polar surface area (TPSA) is 83.9 Å². The van der Waals surface area contributed by atoms with Crippen LogP contribution in [-0.4, -0.2) is 62.1 Å². The molecule has 1 fully saturated rings. The number of hydrogen-bond acceptors (Lipinski definition) is 5. The predicted molar refractivity (Wildman–Crippen MR) is 91.4 cm³/mol. The number of alkyl halides is 3. The van der Waals surface area contributed by atoms with E-state index in [2.05, 4.69) is 0 Å². The van der Waals surface area contributed by atoms with E-state index < -0.39 is 28.0 Å². The first-order valence-electron chi connectivity index (χ1n) is 8.50. The fraction of sp³-hybridized carbons (Fsp3) is 0.588. The average Bonchev–Trinajstić information content (AvgIpc) is 3.09. The van der Waals surface area contributed by atoms with Gasteiger partial charge in [-0.25, -0.2) is 8.42 Å². The highest BCUT2D eigenvalue weighted by atomic mass is 32.2. The van der Waals surface area contributed by atoms with Gasteiger partial charge in [0.1, 0.15) is 5.75 Å². The van der Waals surface area contributed by atoms with Crippen LogP contribution in [-0.2, 0) is 9.84 Å². The zero-order chi connectivity index (χ0) is 20.4. The Hall–Kier alpha value is -1.81. The first-order chi connectivity index (χ1) is 12.5. The summed E-state index contributed by atoms with van der Waals surface area (Å²) in [6, 6.07) is 3.28. The van der Waals surface area contributed by atoms with Crippen molar-refractivity contribution in [1.29, 1.82) is 0 Å². The van der Waals surface area contributed by atoms with Gasteiger partial charge in [-0.05, 0) is 31.5 Å². The Morgan fingerprint density at radius 3 is 2.59 bits per heavy atom. The van der Waals surface area contributed by atoms with Crippen LogP contribution in [0.25, 0.3) is 0 Å². The molecule has 1 aromatic rings. The Morgan fingerprint density at radius 2 is 2.07 bits per heavy atom. The van der Waals surface area contributed by atoms with Crippen LogP contribution in [0.3, 0.4) is 0 Å². The molecule has 1 aromatic carbocycles. The van der Waals surface area contributed by atoms with Gasteiger partial charge in [0.25, 0.3) is 5.91 Å². The largest absolute Gasteiger partial charge is 0.480 e. The Kier molecular flexibility index (Phi) is 6.41. The number of rotatable bonds is 6. The van der Waals surface area contributed by atoms with E-state index in [1.807, 2.05) is 0 Å². The lowest BCUT2D eigenvalue weighted by molar-refractivity contribution is -0.189. The summed E-state index contributed by atoms with van der Waals surface area (Å²) in [5.74, 6) is -1.28. The van der Waals surface area contributed by atoms with E-state index in [4.69, 9.17) is 4.74 Å². The fourth-order valence-electron chi connectivity index (χ4n) is 2.73. The van der Waals surface area contributed by atoms with Crippen molar-refractivity contribution < 1.29 is 36.2 Å². The van der Waals surface area contributed by atoms with Gasteiger partial charge in [-0.15, -0.1) is 0 Å². The van der Waals surface area contributed by atoms with Gasteiger partial charge < -0.3 is 14.7 Å². The molecule has 0 aromatic heterocycles. The van der Waals surface area contributed by atoms with Crippen molar-refractivity contribution in [1.82, 2.24) is 4.90 Å². The van der Waals surface area contributed by atoms with Crippen LogP contribution >= 0.6 is 0 Å². The van der Waals surface area contributed by atoms with Gasteiger partial charge >= 0.3 is 6.18 Å². The van der Waals surface area contributed by atoms with Crippen molar-refractivity contribution in [2.24, 2.45) is 5.92 Å². The highest BCUT2D eigenvalue weighted by Crippen LogP contribution is 2.31. The van der Waals surface area contributed by atoms with Gasteiger partial charge in [-0.2, -0.15) is 13.2 Å². The maximum Gasteiger partial charge on any atom is 0.425 e. The summed E-state index contributed by atoms with van der Waals surface area (Å²) in [6.07, 6.45) is -6.24. The summed E-state index contributed by atoms with van der Waals surface area (Å²) in [4.78, 5) is 14.0. The van der Waals surface area contributed by atoms with Crippen LogP contribution in [0.2, 0.25) is 0 Å². The van der Waals surface area contributed by atoms with E-state index in [9.17, 15) is 31.5 Å². The Labute approximate surface area is 155 Å². The molecule has 0 saturated carbocycles. The van der Waals surface area contributed by atoms with Crippen molar-refractivity contribution in [2.75, 3.05) is 25.4 Å². The van der Waals surface area contributed by atoms with Crippen LogP contribution in [0, 0.1) is 5.92 Å². The monoisotopic (exact) mass is 409 g/mol. The van der Waals surface area contributed by atoms with Crippen molar-refractivity contribution in [3.8, 4) is 5.75 Å². The third kappa shape index (κ3) is 4.92. The fourth-order valence-corrected chi connectivity index (χ4v) is 3.64. The van der Waals surface area contributed by atoms with Gasteiger partial charge in [0.2, 0.25) is 0 Å².